The average molecular weight is 203 g/mol. The van der Waals surface area contributed by atoms with Crippen molar-refractivity contribution in [1.82, 2.24) is 14.5 Å². The Morgan fingerprint density at radius 2 is 2.20 bits per heavy atom. The molecule has 4 heteroatoms. The van der Waals surface area contributed by atoms with E-state index in [1.165, 1.54) is 0 Å². The number of nitrogens with zero attached hydrogens (tertiary/aromatic N) is 3. The summed E-state index contributed by atoms with van der Waals surface area (Å²) in [7, 11) is 0. The Hall–Kier alpha value is -1.68. The summed E-state index contributed by atoms with van der Waals surface area (Å²) >= 11 is 0. The number of imidazole rings is 1. The normalized spacial score (nSPS) is 10.5. The molecule has 15 heavy (non-hydrogen) atoms. The van der Waals surface area contributed by atoms with Gasteiger partial charge < -0.3 is 5.11 Å². The van der Waals surface area contributed by atoms with Gasteiger partial charge in [0.15, 0.2) is 0 Å². The molecule has 0 atom stereocenters. The molecule has 1 N–H and O–H groups in total. The minimum absolute atomic E-state index is 0.00942. The monoisotopic (exact) mass is 203 g/mol. The summed E-state index contributed by atoms with van der Waals surface area (Å²) in [5.74, 6) is 1.71. The molecule has 4 nitrogen and oxygen atoms in total. The van der Waals surface area contributed by atoms with Crippen LogP contribution in [0.5, 0.6) is 0 Å². The van der Waals surface area contributed by atoms with E-state index in [1.807, 2.05) is 29.8 Å². The second-order valence-electron chi connectivity index (χ2n) is 3.21. The van der Waals surface area contributed by atoms with Gasteiger partial charge in [0.1, 0.15) is 11.6 Å². The van der Waals surface area contributed by atoms with Gasteiger partial charge in [0.05, 0.1) is 6.61 Å². The molecule has 0 fully saturated rings. The highest BCUT2D eigenvalue weighted by Gasteiger charge is 2.07. The van der Waals surface area contributed by atoms with Crippen LogP contribution in [0.15, 0.2) is 30.7 Å². The molecule has 2 aromatic heterocycles. The van der Waals surface area contributed by atoms with E-state index in [0.29, 0.717) is 0 Å². The molecule has 0 aliphatic rings. The number of rotatable bonds is 3. The summed E-state index contributed by atoms with van der Waals surface area (Å²) in [5, 5.41) is 9.21. The van der Waals surface area contributed by atoms with Crippen molar-refractivity contribution in [3.05, 3.63) is 42.1 Å². The fraction of sp³-hybridized carbons (Fsp3) is 0.273. The summed E-state index contributed by atoms with van der Waals surface area (Å²) in [4.78, 5) is 8.49. The van der Waals surface area contributed by atoms with Crippen molar-refractivity contribution >= 4 is 0 Å². The Bertz CT molecular complexity index is 451. The maximum atomic E-state index is 9.21. The Labute approximate surface area is 88.2 Å². The summed E-state index contributed by atoms with van der Waals surface area (Å²) in [6.45, 7) is 2.03. The highest BCUT2D eigenvalue weighted by molar-refractivity contribution is 5.34. The van der Waals surface area contributed by atoms with Crippen LogP contribution in [0.3, 0.4) is 0 Å². The van der Waals surface area contributed by atoms with Crippen LogP contribution in [0.1, 0.15) is 18.3 Å². The van der Waals surface area contributed by atoms with Crippen molar-refractivity contribution < 1.29 is 5.11 Å². The lowest BCUT2D eigenvalue weighted by molar-refractivity contribution is 0.281. The third-order valence-electron chi connectivity index (χ3n) is 2.30. The first-order valence-corrected chi connectivity index (χ1v) is 4.94. The Balaban J connectivity index is 2.53. The number of aromatic nitrogens is 3. The molecule has 0 amide bonds. The Kier molecular flexibility index (Phi) is 2.78. The van der Waals surface area contributed by atoms with Crippen LogP contribution < -0.4 is 0 Å². The van der Waals surface area contributed by atoms with Crippen molar-refractivity contribution in [3.8, 4) is 5.82 Å². The maximum Gasteiger partial charge on any atom is 0.143 e. The van der Waals surface area contributed by atoms with Crippen LogP contribution in [0, 0.1) is 0 Å². The lowest BCUT2D eigenvalue weighted by Crippen LogP contribution is -2.05. The van der Waals surface area contributed by atoms with Gasteiger partial charge in [-0.3, -0.25) is 4.57 Å². The zero-order chi connectivity index (χ0) is 10.7. The number of hydrogen-bond donors (Lipinski definition) is 1. The molecule has 0 spiro atoms. The second-order valence-corrected chi connectivity index (χ2v) is 3.21. The van der Waals surface area contributed by atoms with Crippen LogP contribution in [-0.2, 0) is 13.0 Å². The van der Waals surface area contributed by atoms with Gasteiger partial charge in [-0.2, -0.15) is 0 Å². The number of aliphatic hydroxyl groups excluding tert-OH is 1. The van der Waals surface area contributed by atoms with Crippen molar-refractivity contribution in [2.24, 2.45) is 0 Å². The topological polar surface area (TPSA) is 50.9 Å². The fourth-order valence-electron chi connectivity index (χ4n) is 1.56. The molecule has 78 valence electrons. The largest absolute Gasteiger partial charge is 0.392 e. The van der Waals surface area contributed by atoms with Crippen LogP contribution >= 0.6 is 0 Å². The van der Waals surface area contributed by atoms with Crippen molar-refractivity contribution in [1.29, 1.82) is 0 Å². The second kappa shape index (κ2) is 4.23. The third-order valence-corrected chi connectivity index (χ3v) is 2.30. The smallest absolute Gasteiger partial charge is 0.143 e. The molecule has 2 aromatic rings. The van der Waals surface area contributed by atoms with Crippen molar-refractivity contribution in [2.75, 3.05) is 0 Å². The van der Waals surface area contributed by atoms with E-state index in [0.717, 1.165) is 23.6 Å². The molecular weight excluding hydrogens is 190 g/mol. The summed E-state index contributed by atoms with van der Waals surface area (Å²) in [6.07, 6.45) is 6.16. The fourth-order valence-corrected chi connectivity index (χ4v) is 1.56. The van der Waals surface area contributed by atoms with Gasteiger partial charge in [-0.25, -0.2) is 9.97 Å². The Morgan fingerprint density at radius 1 is 1.33 bits per heavy atom. The molecule has 2 heterocycles. The highest BCUT2D eigenvalue weighted by Crippen LogP contribution is 2.13. The van der Waals surface area contributed by atoms with Crippen LogP contribution in [0.2, 0.25) is 0 Å². The minimum atomic E-state index is -0.00942. The first-order chi connectivity index (χ1) is 7.36. The third kappa shape index (κ3) is 1.76. The van der Waals surface area contributed by atoms with Gasteiger partial charge in [0, 0.05) is 30.6 Å². The molecular formula is C11H13N3O. The van der Waals surface area contributed by atoms with E-state index in [1.54, 1.807) is 12.4 Å². The molecule has 2 rings (SSSR count). The van der Waals surface area contributed by atoms with Crippen LogP contribution in [0.25, 0.3) is 5.82 Å². The molecule has 0 aromatic carbocycles. The lowest BCUT2D eigenvalue weighted by Gasteiger charge is -2.08. The van der Waals surface area contributed by atoms with E-state index in [9.17, 15) is 5.11 Å². The Morgan fingerprint density at radius 3 is 2.93 bits per heavy atom. The number of aryl methyl sites for hydroxylation is 1. The standard InChI is InChI=1S/C11H13N3O/c1-2-10-12-6-7-14(10)11-9(8-15)4-3-5-13-11/h3-7,15H,2,8H2,1H3. The van der Waals surface area contributed by atoms with E-state index >= 15 is 0 Å². The first-order valence-electron chi connectivity index (χ1n) is 4.94. The number of aliphatic hydroxyl groups is 1. The minimum Gasteiger partial charge on any atom is -0.392 e. The van der Waals surface area contributed by atoms with Gasteiger partial charge in [0.2, 0.25) is 0 Å². The van der Waals surface area contributed by atoms with Gasteiger partial charge in [0.25, 0.3) is 0 Å². The molecule has 0 saturated heterocycles. The van der Waals surface area contributed by atoms with E-state index in [2.05, 4.69) is 9.97 Å². The highest BCUT2D eigenvalue weighted by atomic mass is 16.3. The number of hydrogen-bond acceptors (Lipinski definition) is 3. The van der Waals surface area contributed by atoms with E-state index in [-0.39, 0.29) is 6.61 Å². The number of pyridine rings is 1. The lowest BCUT2D eigenvalue weighted by atomic mass is 10.2. The summed E-state index contributed by atoms with van der Waals surface area (Å²) in [6, 6.07) is 3.68. The molecule has 0 unspecified atom stereocenters. The van der Waals surface area contributed by atoms with Gasteiger partial charge >= 0.3 is 0 Å². The molecule has 0 bridgehead atoms. The van der Waals surface area contributed by atoms with Crippen molar-refractivity contribution in [2.45, 2.75) is 20.0 Å². The van der Waals surface area contributed by atoms with Crippen molar-refractivity contribution in [3.63, 3.8) is 0 Å². The van der Waals surface area contributed by atoms with Gasteiger partial charge in [-0.1, -0.05) is 13.0 Å². The van der Waals surface area contributed by atoms with Crippen LogP contribution in [-0.4, -0.2) is 19.6 Å². The first kappa shape index (κ1) is 9.86. The molecule has 0 radical (unpaired) electrons. The zero-order valence-corrected chi connectivity index (χ0v) is 8.59. The van der Waals surface area contributed by atoms with Gasteiger partial charge in [-0.15, -0.1) is 0 Å². The van der Waals surface area contributed by atoms with E-state index < -0.39 is 0 Å². The molecule has 0 aliphatic carbocycles. The average Bonchev–Trinajstić information content (AvgIpc) is 2.76. The predicted octanol–water partition coefficient (Wildman–Crippen LogP) is 1.32. The van der Waals surface area contributed by atoms with Crippen LogP contribution in [0.4, 0.5) is 0 Å². The SMILES string of the molecule is CCc1nccn1-c1ncccc1CO. The molecule has 0 saturated carbocycles. The van der Waals surface area contributed by atoms with Gasteiger partial charge in [-0.05, 0) is 6.07 Å². The maximum absolute atomic E-state index is 9.21. The quantitative estimate of drug-likeness (QED) is 0.818. The van der Waals surface area contributed by atoms with E-state index in [4.69, 9.17) is 0 Å². The zero-order valence-electron chi connectivity index (χ0n) is 8.59. The summed E-state index contributed by atoms with van der Waals surface area (Å²) in [5.41, 5.74) is 0.810. The summed E-state index contributed by atoms with van der Waals surface area (Å²) < 4.78 is 1.91. The molecule has 0 aliphatic heterocycles. The predicted molar refractivity (Wildman–Crippen MR) is 56.7 cm³/mol.